The average molecular weight is 476 g/mol. The van der Waals surface area contributed by atoms with Crippen molar-refractivity contribution in [2.45, 2.75) is 58.1 Å². The molecule has 1 atom stereocenters. The molecule has 0 bridgehead atoms. The summed E-state index contributed by atoms with van der Waals surface area (Å²) < 4.78 is 38.7. The molecule has 3 rings (SSSR count). The van der Waals surface area contributed by atoms with E-state index in [9.17, 15) is 13.2 Å². The summed E-state index contributed by atoms with van der Waals surface area (Å²) in [4.78, 5) is 16.4. The number of alkyl carbamates (subject to hydrolysis) is 1. The highest BCUT2D eigenvalue weighted by Crippen LogP contribution is 2.26. The molecule has 0 radical (unpaired) electrons. The van der Waals surface area contributed by atoms with E-state index in [1.54, 1.807) is 51.2 Å². The Morgan fingerprint density at radius 2 is 1.94 bits per heavy atom. The minimum absolute atomic E-state index is 0.0998. The Kier molecular flexibility index (Phi) is 7.64. The van der Waals surface area contributed by atoms with Gasteiger partial charge in [-0.15, -0.1) is 0 Å². The van der Waals surface area contributed by atoms with Crippen LogP contribution in [0, 0.1) is 19.8 Å². The second-order valence-corrected chi connectivity index (χ2v) is 11.4. The smallest absolute Gasteiger partial charge is 0.407 e. The summed E-state index contributed by atoms with van der Waals surface area (Å²) in [6, 6.07) is 8.76. The normalized spacial score (nSPS) is 17.1. The number of rotatable bonds is 7. The Morgan fingerprint density at radius 1 is 1.18 bits per heavy atom. The van der Waals surface area contributed by atoms with E-state index in [2.05, 4.69) is 10.3 Å². The molecule has 1 N–H and O–H groups in total. The fourth-order valence-electron chi connectivity index (χ4n) is 3.51. The number of sulfonamides is 1. The van der Waals surface area contributed by atoms with Gasteiger partial charge in [0.2, 0.25) is 10.0 Å². The van der Waals surface area contributed by atoms with Gasteiger partial charge in [-0.3, -0.25) is 4.98 Å². The van der Waals surface area contributed by atoms with Crippen LogP contribution in [0.25, 0.3) is 0 Å². The van der Waals surface area contributed by atoms with Gasteiger partial charge in [0.25, 0.3) is 0 Å². The van der Waals surface area contributed by atoms with Gasteiger partial charge in [0, 0.05) is 31.3 Å². The highest BCUT2D eigenvalue weighted by molar-refractivity contribution is 7.89. The second kappa shape index (κ2) is 10.1. The zero-order valence-electron chi connectivity index (χ0n) is 19.9. The summed E-state index contributed by atoms with van der Waals surface area (Å²) in [5, 5.41) is 2.67. The first-order chi connectivity index (χ1) is 15.4. The SMILES string of the molecule is Cc1ccc(S(=O)(=O)N2CC[C@H](COc3ccnc(CNC(=O)OC(C)(C)C)c3)C2)cc1C. The van der Waals surface area contributed by atoms with Crippen LogP contribution in [0.4, 0.5) is 4.79 Å². The van der Waals surface area contributed by atoms with Gasteiger partial charge in [-0.25, -0.2) is 13.2 Å². The van der Waals surface area contributed by atoms with Gasteiger partial charge in [-0.05, 0) is 70.4 Å². The predicted molar refractivity (Wildman–Crippen MR) is 126 cm³/mol. The van der Waals surface area contributed by atoms with Crippen molar-refractivity contribution < 1.29 is 22.7 Å². The van der Waals surface area contributed by atoms with Crippen LogP contribution in [0.5, 0.6) is 5.75 Å². The number of hydrogen-bond donors (Lipinski definition) is 1. The monoisotopic (exact) mass is 475 g/mol. The lowest BCUT2D eigenvalue weighted by Crippen LogP contribution is -2.32. The van der Waals surface area contributed by atoms with Gasteiger partial charge in [0.1, 0.15) is 11.4 Å². The summed E-state index contributed by atoms with van der Waals surface area (Å²) in [6.07, 6.45) is 1.85. The number of aromatic nitrogens is 1. The van der Waals surface area contributed by atoms with Crippen LogP contribution in [0.15, 0.2) is 41.4 Å². The number of aryl methyl sites for hydroxylation is 2. The Morgan fingerprint density at radius 3 is 2.64 bits per heavy atom. The van der Waals surface area contributed by atoms with Crippen molar-refractivity contribution in [2.75, 3.05) is 19.7 Å². The summed E-state index contributed by atoms with van der Waals surface area (Å²) in [6.45, 7) is 10.8. The van der Waals surface area contributed by atoms with E-state index in [1.807, 2.05) is 19.9 Å². The van der Waals surface area contributed by atoms with E-state index in [0.29, 0.717) is 36.0 Å². The highest BCUT2D eigenvalue weighted by atomic mass is 32.2. The van der Waals surface area contributed by atoms with Gasteiger partial charge in [-0.1, -0.05) is 6.07 Å². The number of amides is 1. The van der Waals surface area contributed by atoms with Gasteiger partial charge in [0.15, 0.2) is 0 Å². The molecule has 1 aromatic heterocycles. The van der Waals surface area contributed by atoms with Crippen LogP contribution < -0.4 is 10.1 Å². The summed E-state index contributed by atoms with van der Waals surface area (Å²) >= 11 is 0. The molecule has 1 aliphatic heterocycles. The lowest BCUT2D eigenvalue weighted by Gasteiger charge is -2.19. The Balaban J connectivity index is 1.52. The van der Waals surface area contributed by atoms with E-state index >= 15 is 0 Å². The molecule has 9 heteroatoms. The molecular formula is C24H33N3O5S. The molecule has 1 fully saturated rings. The summed E-state index contributed by atoms with van der Waals surface area (Å²) in [5.74, 6) is 0.726. The zero-order valence-corrected chi connectivity index (χ0v) is 20.7. The minimum atomic E-state index is -3.51. The standard InChI is InChI=1S/C24H33N3O5S/c1-17-6-7-22(12-18(17)2)33(29,30)27-11-9-19(15-27)16-31-21-8-10-25-20(13-21)14-26-23(28)32-24(3,4)5/h6-8,10,12-13,19H,9,11,14-16H2,1-5H3,(H,26,28)/t19-/m0/s1. The first-order valence-electron chi connectivity index (χ1n) is 11.1. The van der Waals surface area contributed by atoms with E-state index in [1.165, 1.54) is 4.31 Å². The summed E-state index contributed by atoms with van der Waals surface area (Å²) in [7, 11) is -3.51. The van der Waals surface area contributed by atoms with Crippen molar-refractivity contribution in [3.63, 3.8) is 0 Å². The number of nitrogens with zero attached hydrogens (tertiary/aromatic N) is 2. The van der Waals surface area contributed by atoms with Gasteiger partial charge in [-0.2, -0.15) is 4.31 Å². The second-order valence-electron chi connectivity index (χ2n) is 9.41. The average Bonchev–Trinajstić information content (AvgIpc) is 3.22. The van der Waals surface area contributed by atoms with Gasteiger partial charge < -0.3 is 14.8 Å². The fraction of sp³-hybridized carbons (Fsp3) is 0.500. The van der Waals surface area contributed by atoms with E-state index in [4.69, 9.17) is 9.47 Å². The number of carbonyl (C=O) groups is 1. The fourth-order valence-corrected chi connectivity index (χ4v) is 5.13. The predicted octanol–water partition coefficient (Wildman–Crippen LogP) is 3.81. The third-order valence-electron chi connectivity index (χ3n) is 5.45. The number of ether oxygens (including phenoxy) is 2. The molecule has 8 nitrogen and oxygen atoms in total. The third kappa shape index (κ3) is 6.91. The molecular weight excluding hydrogens is 442 g/mol. The van der Waals surface area contributed by atoms with Gasteiger partial charge >= 0.3 is 6.09 Å². The van der Waals surface area contributed by atoms with E-state index in [0.717, 1.165) is 17.5 Å². The molecule has 1 amide bonds. The number of hydrogen-bond acceptors (Lipinski definition) is 6. The zero-order chi connectivity index (χ0) is 24.2. The van der Waals surface area contributed by atoms with Crippen LogP contribution in [0.1, 0.15) is 44.0 Å². The van der Waals surface area contributed by atoms with Crippen LogP contribution in [0.2, 0.25) is 0 Å². The van der Waals surface area contributed by atoms with E-state index in [-0.39, 0.29) is 12.5 Å². The maximum absolute atomic E-state index is 13.0. The van der Waals surface area contributed by atoms with Crippen LogP contribution in [-0.4, -0.2) is 49.1 Å². The molecule has 2 aromatic rings. The number of nitrogens with one attached hydrogen (secondary N) is 1. The van der Waals surface area contributed by atoms with Crippen molar-refractivity contribution in [2.24, 2.45) is 5.92 Å². The maximum Gasteiger partial charge on any atom is 0.407 e. The lowest BCUT2D eigenvalue weighted by molar-refractivity contribution is 0.0522. The van der Waals surface area contributed by atoms with E-state index < -0.39 is 21.7 Å². The maximum atomic E-state index is 13.0. The van der Waals surface area contributed by atoms with Crippen molar-refractivity contribution in [1.82, 2.24) is 14.6 Å². The molecule has 0 spiro atoms. The molecule has 1 aromatic carbocycles. The van der Waals surface area contributed by atoms with Crippen LogP contribution >= 0.6 is 0 Å². The third-order valence-corrected chi connectivity index (χ3v) is 7.31. The molecule has 2 heterocycles. The minimum Gasteiger partial charge on any atom is -0.493 e. The van der Waals surface area contributed by atoms with Crippen molar-refractivity contribution in [3.05, 3.63) is 53.3 Å². The lowest BCUT2D eigenvalue weighted by atomic mass is 10.1. The largest absolute Gasteiger partial charge is 0.493 e. The topological polar surface area (TPSA) is 97.8 Å². The molecule has 0 saturated carbocycles. The number of pyridine rings is 1. The van der Waals surface area contributed by atoms with Crippen LogP contribution in [0.3, 0.4) is 0 Å². The Bertz CT molecular complexity index is 1100. The number of benzene rings is 1. The molecule has 0 unspecified atom stereocenters. The van der Waals surface area contributed by atoms with Gasteiger partial charge in [0.05, 0.1) is 23.7 Å². The molecule has 180 valence electrons. The first-order valence-corrected chi connectivity index (χ1v) is 12.5. The highest BCUT2D eigenvalue weighted by Gasteiger charge is 2.33. The summed E-state index contributed by atoms with van der Waals surface area (Å²) in [5.41, 5.74) is 2.11. The quantitative estimate of drug-likeness (QED) is 0.654. The molecule has 33 heavy (non-hydrogen) atoms. The first kappa shape index (κ1) is 25.0. The molecule has 1 saturated heterocycles. The van der Waals surface area contributed by atoms with Crippen molar-refractivity contribution in [3.8, 4) is 5.75 Å². The van der Waals surface area contributed by atoms with Crippen molar-refractivity contribution >= 4 is 16.1 Å². The Labute approximate surface area is 196 Å². The molecule has 0 aliphatic carbocycles. The van der Waals surface area contributed by atoms with Crippen LogP contribution in [-0.2, 0) is 21.3 Å². The number of carbonyl (C=O) groups excluding carboxylic acids is 1. The molecule has 1 aliphatic rings. The van der Waals surface area contributed by atoms with Crippen molar-refractivity contribution in [1.29, 1.82) is 0 Å². The Hall–Kier alpha value is -2.65.